The average Bonchev–Trinajstić information content (AvgIpc) is 2.76. The normalized spacial score (nSPS) is 26.6. The topological polar surface area (TPSA) is 101 Å². The maximum Gasteiger partial charge on any atom is 0.296 e. The third-order valence-corrected chi connectivity index (χ3v) is 6.21. The van der Waals surface area contributed by atoms with Crippen LogP contribution in [0.4, 0.5) is 14.7 Å². The van der Waals surface area contributed by atoms with Crippen LogP contribution in [0.1, 0.15) is 50.5 Å². The number of methoxy groups -OCH3 is 1. The zero-order chi connectivity index (χ0) is 22.7. The Labute approximate surface area is 186 Å². The van der Waals surface area contributed by atoms with Crippen LogP contribution in [0.15, 0.2) is 12.4 Å². The minimum Gasteiger partial charge on any atom is -0.467 e. The van der Waals surface area contributed by atoms with Gasteiger partial charge in [0.1, 0.15) is 0 Å². The number of piperidine rings is 1. The highest BCUT2D eigenvalue weighted by molar-refractivity contribution is 5.86. The van der Waals surface area contributed by atoms with E-state index in [-0.39, 0.29) is 30.4 Å². The van der Waals surface area contributed by atoms with E-state index in [1.165, 1.54) is 0 Å². The molecule has 4 rings (SSSR count). The molecule has 2 atom stereocenters. The summed E-state index contributed by atoms with van der Waals surface area (Å²) in [5.74, 6) is -2.24. The number of rotatable bonds is 7. The fraction of sp³-hybridized carbons (Fsp3) is 0.682. The first-order valence-corrected chi connectivity index (χ1v) is 11.2. The second-order valence-electron chi connectivity index (χ2n) is 8.81. The molecule has 1 saturated carbocycles. The lowest BCUT2D eigenvalue weighted by Gasteiger charge is -2.32. The van der Waals surface area contributed by atoms with Gasteiger partial charge in [0, 0.05) is 37.5 Å². The minimum atomic E-state index is -2.98. The summed E-state index contributed by atoms with van der Waals surface area (Å²) in [5.41, 5.74) is 1.58. The number of aromatic nitrogens is 3. The van der Waals surface area contributed by atoms with E-state index < -0.39 is 18.6 Å². The molecule has 8 nitrogen and oxygen atoms in total. The third-order valence-electron chi connectivity index (χ3n) is 6.21. The highest BCUT2D eigenvalue weighted by atomic mass is 19.3. The molecule has 10 heteroatoms. The number of hydrogen-bond donors (Lipinski definition) is 3. The second kappa shape index (κ2) is 9.76. The Hall–Kier alpha value is -2.17. The van der Waals surface area contributed by atoms with Crippen LogP contribution in [0.25, 0.3) is 10.9 Å². The van der Waals surface area contributed by atoms with Crippen LogP contribution in [-0.2, 0) is 4.74 Å². The lowest BCUT2D eigenvalue weighted by molar-refractivity contribution is -0.109. The molecule has 3 N–H and O–H groups in total. The van der Waals surface area contributed by atoms with Crippen LogP contribution in [0, 0.1) is 0 Å². The van der Waals surface area contributed by atoms with Gasteiger partial charge >= 0.3 is 0 Å². The molecule has 1 saturated heterocycles. The predicted molar refractivity (Wildman–Crippen MR) is 116 cm³/mol. The van der Waals surface area contributed by atoms with Crippen molar-refractivity contribution >= 4 is 16.9 Å². The molecule has 3 heterocycles. The summed E-state index contributed by atoms with van der Waals surface area (Å²) in [4.78, 5) is 13.5. The van der Waals surface area contributed by atoms with Crippen LogP contribution in [0.5, 0.6) is 5.88 Å². The van der Waals surface area contributed by atoms with Crippen LogP contribution in [-0.4, -0.2) is 71.0 Å². The van der Waals surface area contributed by atoms with Crippen molar-refractivity contribution in [1.82, 2.24) is 20.3 Å². The Bertz CT molecular complexity index is 924. The van der Waals surface area contributed by atoms with Crippen molar-refractivity contribution in [3.8, 4) is 5.88 Å². The average molecular weight is 452 g/mol. The van der Waals surface area contributed by atoms with Gasteiger partial charge < -0.3 is 25.2 Å². The van der Waals surface area contributed by atoms with Crippen molar-refractivity contribution < 1.29 is 23.4 Å². The standard InChI is InChI=1S/C22H31F2N5O3/c1-13(11-31-2)28-21-27-10-17-19(29-21)16(14-3-5-15(30)6-4-14)9-26-20(17)32-18-7-8-25-12-22(18,23)24/h9-10,13-15,18,25,30H,3-8,11-12H2,1-2H3,(H,27,28,29)/t13-,14-,15-,18+/m0/s1. The fourth-order valence-corrected chi connectivity index (χ4v) is 4.47. The summed E-state index contributed by atoms with van der Waals surface area (Å²) in [6, 6.07) is -0.00304. The van der Waals surface area contributed by atoms with Crippen LogP contribution in [0.3, 0.4) is 0 Å². The number of pyridine rings is 1. The number of anilines is 1. The van der Waals surface area contributed by atoms with E-state index in [0.717, 1.165) is 18.4 Å². The number of nitrogens with zero attached hydrogens (tertiary/aromatic N) is 3. The van der Waals surface area contributed by atoms with E-state index in [1.54, 1.807) is 19.5 Å². The second-order valence-corrected chi connectivity index (χ2v) is 8.81. The Kier molecular flexibility index (Phi) is 7.02. The van der Waals surface area contributed by atoms with Gasteiger partial charge in [-0.2, -0.15) is 0 Å². The largest absolute Gasteiger partial charge is 0.467 e. The molecular formula is C22H31F2N5O3. The van der Waals surface area contributed by atoms with E-state index >= 15 is 0 Å². The number of nitrogens with one attached hydrogen (secondary N) is 2. The zero-order valence-electron chi connectivity index (χ0n) is 18.5. The van der Waals surface area contributed by atoms with E-state index in [9.17, 15) is 13.9 Å². The smallest absolute Gasteiger partial charge is 0.296 e. The van der Waals surface area contributed by atoms with Crippen molar-refractivity contribution in [3.63, 3.8) is 0 Å². The molecule has 2 fully saturated rings. The molecule has 0 unspecified atom stereocenters. The number of fused-ring (bicyclic) bond motifs is 1. The van der Waals surface area contributed by atoms with E-state index in [2.05, 4.69) is 20.6 Å². The van der Waals surface area contributed by atoms with Crippen LogP contribution < -0.4 is 15.4 Å². The predicted octanol–water partition coefficient (Wildman–Crippen LogP) is 2.87. The molecule has 0 bridgehead atoms. The summed E-state index contributed by atoms with van der Waals surface area (Å²) in [6.07, 6.45) is 5.00. The Morgan fingerprint density at radius 2 is 2.00 bits per heavy atom. The lowest BCUT2D eigenvalue weighted by atomic mass is 9.83. The van der Waals surface area contributed by atoms with Gasteiger partial charge in [-0.1, -0.05) is 0 Å². The zero-order valence-corrected chi connectivity index (χ0v) is 18.5. The quantitative estimate of drug-likeness (QED) is 0.591. The highest BCUT2D eigenvalue weighted by Crippen LogP contribution is 2.38. The molecule has 2 aromatic heterocycles. The SMILES string of the molecule is COC[C@H](C)Nc1ncc2c(O[C@@H]3CCNCC3(F)F)ncc([C@H]3CC[C@H](O)CC3)c2n1. The lowest BCUT2D eigenvalue weighted by Crippen LogP contribution is -2.52. The number of aliphatic hydroxyl groups excluding tert-OH is 1. The molecule has 0 amide bonds. The molecular weight excluding hydrogens is 420 g/mol. The van der Waals surface area contributed by atoms with Gasteiger partial charge in [0.05, 0.1) is 30.2 Å². The van der Waals surface area contributed by atoms with Crippen molar-refractivity contribution in [2.24, 2.45) is 0 Å². The molecule has 2 aliphatic rings. The van der Waals surface area contributed by atoms with Crippen molar-refractivity contribution in [1.29, 1.82) is 0 Å². The molecule has 1 aliphatic heterocycles. The minimum absolute atomic E-state index is 0.00304. The number of aliphatic hydroxyl groups is 1. The highest BCUT2D eigenvalue weighted by Gasteiger charge is 2.44. The fourth-order valence-electron chi connectivity index (χ4n) is 4.47. The summed E-state index contributed by atoms with van der Waals surface area (Å²) >= 11 is 0. The molecule has 1 aliphatic carbocycles. The monoisotopic (exact) mass is 451 g/mol. The molecule has 32 heavy (non-hydrogen) atoms. The third kappa shape index (κ3) is 5.07. The van der Waals surface area contributed by atoms with E-state index in [0.29, 0.717) is 42.8 Å². The first-order valence-electron chi connectivity index (χ1n) is 11.2. The van der Waals surface area contributed by atoms with Gasteiger partial charge in [-0.15, -0.1) is 0 Å². The molecule has 176 valence electrons. The Balaban J connectivity index is 1.69. The number of alkyl halides is 2. The summed E-state index contributed by atoms with van der Waals surface area (Å²) in [7, 11) is 1.63. The van der Waals surface area contributed by atoms with Gasteiger partial charge in [-0.05, 0) is 45.1 Å². The summed E-state index contributed by atoms with van der Waals surface area (Å²) in [6.45, 7) is 2.49. The van der Waals surface area contributed by atoms with Crippen molar-refractivity contribution in [3.05, 3.63) is 18.0 Å². The molecule has 2 aromatic rings. The van der Waals surface area contributed by atoms with Gasteiger partial charge in [-0.25, -0.2) is 23.7 Å². The summed E-state index contributed by atoms with van der Waals surface area (Å²) in [5, 5.41) is 16.3. The first kappa shape index (κ1) is 23.0. The van der Waals surface area contributed by atoms with Crippen molar-refractivity contribution in [2.75, 3.05) is 32.1 Å². The number of halogens is 2. The van der Waals surface area contributed by atoms with Crippen LogP contribution in [0.2, 0.25) is 0 Å². The molecule has 0 aromatic carbocycles. The molecule has 0 spiro atoms. The Morgan fingerprint density at radius 3 is 2.72 bits per heavy atom. The molecule has 0 radical (unpaired) electrons. The Morgan fingerprint density at radius 1 is 1.22 bits per heavy atom. The number of hydrogen-bond acceptors (Lipinski definition) is 8. The summed E-state index contributed by atoms with van der Waals surface area (Å²) < 4.78 is 39.6. The van der Waals surface area contributed by atoms with Gasteiger partial charge in [0.2, 0.25) is 11.8 Å². The maximum atomic E-state index is 14.3. The van der Waals surface area contributed by atoms with E-state index in [1.807, 2.05) is 6.92 Å². The van der Waals surface area contributed by atoms with Gasteiger partial charge in [0.25, 0.3) is 5.92 Å². The van der Waals surface area contributed by atoms with Crippen molar-refractivity contribution in [2.45, 2.75) is 69.1 Å². The first-order chi connectivity index (χ1) is 15.4. The van der Waals surface area contributed by atoms with Gasteiger partial charge in [0.15, 0.2) is 6.10 Å². The van der Waals surface area contributed by atoms with Gasteiger partial charge in [-0.3, -0.25) is 0 Å². The maximum absolute atomic E-state index is 14.3. The number of ether oxygens (including phenoxy) is 2. The van der Waals surface area contributed by atoms with Crippen LogP contribution >= 0.6 is 0 Å². The van der Waals surface area contributed by atoms with E-state index in [4.69, 9.17) is 14.5 Å².